The molecule has 1 aliphatic rings. The van der Waals surface area contributed by atoms with Gasteiger partial charge in [-0.15, -0.1) is 0 Å². The first-order valence-corrected chi connectivity index (χ1v) is 4.50. The smallest absolute Gasteiger partial charge is 0.120 e. The Morgan fingerprint density at radius 1 is 1.73 bits per heavy atom. The molecular formula is C10H16O. The summed E-state index contributed by atoms with van der Waals surface area (Å²) in [5.41, 5.74) is 1.58. The monoisotopic (exact) mass is 152 g/mol. The van der Waals surface area contributed by atoms with Crippen molar-refractivity contribution in [2.75, 3.05) is 0 Å². The summed E-state index contributed by atoms with van der Waals surface area (Å²) in [6.45, 7) is 2.20. The van der Waals surface area contributed by atoms with E-state index in [4.69, 9.17) is 0 Å². The second-order valence-electron chi connectivity index (χ2n) is 3.22. The molecule has 0 aromatic rings. The van der Waals surface area contributed by atoms with E-state index in [1.165, 1.54) is 19.3 Å². The summed E-state index contributed by atoms with van der Waals surface area (Å²) in [6.07, 6.45) is 8.92. The van der Waals surface area contributed by atoms with Gasteiger partial charge in [-0.1, -0.05) is 18.6 Å². The lowest BCUT2D eigenvalue weighted by Crippen LogP contribution is -1.90. The maximum atomic E-state index is 10.1. The number of carbonyl (C=O) groups is 1. The van der Waals surface area contributed by atoms with Crippen molar-refractivity contribution >= 4 is 6.29 Å². The lowest BCUT2D eigenvalue weighted by molar-refractivity contribution is -0.108. The highest BCUT2D eigenvalue weighted by Crippen LogP contribution is 2.28. The van der Waals surface area contributed by atoms with E-state index in [1.54, 1.807) is 5.57 Å². The fourth-order valence-corrected chi connectivity index (χ4v) is 1.68. The Labute approximate surface area is 68.5 Å². The molecule has 1 rings (SSSR count). The van der Waals surface area contributed by atoms with Crippen molar-refractivity contribution in [2.24, 2.45) is 5.92 Å². The molecule has 0 spiro atoms. The quantitative estimate of drug-likeness (QED) is 0.447. The van der Waals surface area contributed by atoms with Gasteiger partial charge in [-0.05, 0) is 31.6 Å². The maximum absolute atomic E-state index is 10.1. The Hall–Kier alpha value is -0.590. The zero-order chi connectivity index (χ0) is 8.10. The third-order valence-electron chi connectivity index (χ3n) is 2.42. The number of allylic oxidation sites excluding steroid dienone is 2. The van der Waals surface area contributed by atoms with Crippen LogP contribution in [-0.2, 0) is 4.79 Å². The third kappa shape index (κ3) is 2.49. The van der Waals surface area contributed by atoms with E-state index in [-0.39, 0.29) is 0 Å². The highest BCUT2D eigenvalue weighted by atomic mass is 16.1. The van der Waals surface area contributed by atoms with E-state index < -0.39 is 0 Å². The Kier molecular flexibility index (Phi) is 3.34. The Bertz CT molecular complexity index is 158. The molecule has 11 heavy (non-hydrogen) atoms. The van der Waals surface area contributed by atoms with Crippen LogP contribution in [0.4, 0.5) is 0 Å². The van der Waals surface area contributed by atoms with Gasteiger partial charge in [0.1, 0.15) is 6.29 Å². The van der Waals surface area contributed by atoms with Crippen LogP contribution < -0.4 is 0 Å². The van der Waals surface area contributed by atoms with Gasteiger partial charge in [-0.3, -0.25) is 0 Å². The van der Waals surface area contributed by atoms with E-state index >= 15 is 0 Å². The minimum atomic E-state index is 0.704. The van der Waals surface area contributed by atoms with Gasteiger partial charge in [0.25, 0.3) is 0 Å². The maximum Gasteiger partial charge on any atom is 0.120 e. The molecule has 0 bridgehead atoms. The van der Waals surface area contributed by atoms with Gasteiger partial charge in [-0.25, -0.2) is 0 Å². The zero-order valence-corrected chi connectivity index (χ0v) is 7.18. The molecule has 0 aromatic heterocycles. The second-order valence-corrected chi connectivity index (χ2v) is 3.22. The number of hydrogen-bond acceptors (Lipinski definition) is 1. The number of carbonyl (C=O) groups excluding carboxylic acids is 1. The highest BCUT2D eigenvalue weighted by Gasteiger charge is 2.13. The van der Waals surface area contributed by atoms with E-state index in [0.717, 1.165) is 19.1 Å². The summed E-state index contributed by atoms with van der Waals surface area (Å²) < 4.78 is 0. The number of rotatable bonds is 4. The Balaban J connectivity index is 2.27. The summed E-state index contributed by atoms with van der Waals surface area (Å²) in [6, 6.07) is 0. The second kappa shape index (κ2) is 4.32. The lowest BCUT2D eigenvalue weighted by Gasteiger charge is -2.01. The van der Waals surface area contributed by atoms with Crippen molar-refractivity contribution in [2.45, 2.75) is 39.0 Å². The normalized spacial score (nSPS) is 23.4. The molecule has 0 radical (unpaired) electrons. The molecule has 1 atom stereocenters. The van der Waals surface area contributed by atoms with Crippen LogP contribution in [0.15, 0.2) is 11.6 Å². The molecule has 0 saturated carbocycles. The molecule has 0 N–H and O–H groups in total. The standard InChI is InChI=1S/C10H16O/c1-2-9-5-6-10(8-9)4-3-7-11/h7-8,10H,2-6H2,1H3. The number of aldehydes is 1. The first-order valence-electron chi connectivity index (χ1n) is 4.50. The van der Waals surface area contributed by atoms with Crippen molar-refractivity contribution in [1.82, 2.24) is 0 Å². The van der Waals surface area contributed by atoms with Gasteiger partial charge in [0.2, 0.25) is 0 Å². The first-order chi connectivity index (χ1) is 5.36. The van der Waals surface area contributed by atoms with E-state index in [9.17, 15) is 4.79 Å². The largest absolute Gasteiger partial charge is 0.303 e. The minimum absolute atomic E-state index is 0.704. The van der Waals surface area contributed by atoms with E-state index in [2.05, 4.69) is 13.0 Å². The van der Waals surface area contributed by atoms with Crippen molar-refractivity contribution in [3.63, 3.8) is 0 Å². The van der Waals surface area contributed by atoms with Crippen LogP contribution in [0.1, 0.15) is 39.0 Å². The van der Waals surface area contributed by atoms with Crippen LogP contribution in [0, 0.1) is 5.92 Å². The van der Waals surface area contributed by atoms with Crippen LogP contribution >= 0.6 is 0 Å². The molecule has 1 nitrogen and oxygen atoms in total. The summed E-state index contributed by atoms with van der Waals surface area (Å²) in [7, 11) is 0. The molecule has 1 aliphatic carbocycles. The molecule has 1 unspecified atom stereocenters. The summed E-state index contributed by atoms with van der Waals surface area (Å²) >= 11 is 0. The van der Waals surface area contributed by atoms with Crippen LogP contribution in [-0.4, -0.2) is 6.29 Å². The molecule has 0 amide bonds. The van der Waals surface area contributed by atoms with E-state index in [0.29, 0.717) is 5.92 Å². The molecule has 62 valence electrons. The zero-order valence-electron chi connectivity index (χ0n) is 7.18. The first kappa shape index (κ1) is 8.51. The summed E-state index contributed by atoms with van der Waals surface area (Å²) in [5, 5.41) is 0. The van der Waals surface area contributed by atoms with Crippen LogP contribution in [0.5, 0.6) is 0 Å². The van der Waals surface area contributed by atoms with Crippen LogP contribution in [0.3, 0.4) is 0 Å². The molecule has 0 aromatic carbocycles. The van der Waals surface area contributed by atoms with Gasteiger partial charge < -0.3 is 4.79 Å². The fourth-order valence-electron chi connectivity index (χ4n) is 1.68. The van der Waals surface area contributed by atoms with Gasteiger partial charge >= 0.3 is 0 Å². The third-order valence-corrected chi connectivity index (χ3v) is 2.42. The highest BCUT2D eigenvalue weighted by molar-refractivity contribution is 5.49. The molecule has 0 aliphatic heterocycles. The Morgan fingerprint density at radius 2 is 2.55 bits per heavy atom. The van der Waals surface area contributed by atoms with Gasteiger partial charge in [-0.2, -0.15) is 0 Å². The lowest BCUT2D eigenvalue weighted by atomic mass is 10.0. The molecule has 0 fully saturated rings. The van der Waals surface area contributed by atoms with Gasteiger partial charge in [0.15, 0.2) is 0 Å². The van der Waals surface area contributed by atoms with Crippen molar-refractivity contribution in [3.05, 3.63) is 11.6 Å². The van der Waals surface area contributed by atoms with Gasteiger partial charge in [0, 0.05) is 6.42 Å². The van der Waals surface area contributed by atoms with Crippen LogP contribution in [0.2, 0.25) is 0 Å². The molecular weight excluding hydrogens is 136 g/mol. The summed E-state index contributed by atoms with van der Waals surface area (Å²) in [4.78, 5) is 10.1. The minimum Gasteiger partial charge on any atom is -0.303 e. The fraction of sp³-hybridized carbons (Fsp3) is 0.700. The average molecular weight is 152 g/mol. The summed E-state index contributed by atoms with van der Waals surface area (Å²) in [5.74, 6) is 0.704. The molecule has 0 heterocycles. The predicted molar refractivity (Wildman–Crippen MR) is 46.4 cm³/mol. The van der Waals surface area contributed by atoms with Crippen molar-refractivity contribution in [1.29, 1.82) is 0 Å². The van der Waals surface area contributed by atoms with Crippen LogP contribution in [0.25, 0.3) is 0 Å². The Morgan fingerprint density at radius 3 is 3.09 bits per heavy atom. The van der Waals surface area contributed by atoms with E-state index in [1.807, 2.05) is 0 Å². The average Bonchev–Trinajstić information content (AvgIpc) is 2.48. The molecule has 1 heteroatoms. The predicted octanol–water partition coefficient (Wildman–Crippen LogP) is 2.71. The topological polar surface area (TPSA) is 17.1 Å². The van der Waals surface area contributed by atoms with Crippen molar-refractivity contribution < 1.29 is 4.79 Å². The SMILES string of the molecule is CCC1=CC(CCC=O)CC1. The van der Waals surface area contributed by atoms with Gasteiger partial charge in [0.05, 0.1) is 0 Å². The van der Waals surface area contributed by atoms with Crippen molar-refractivity contribution in [3.8, 4) is 0 Å². The number of hydrogen-bond donors (Lipinski definition) is 0. The molecule has 0 saturated heterocycles.